The first-order chi connectivity index (χ1) is 6.63. The predicted molar refractivity (Wildman–Crippen MR) is 56.8 cm³/mol. The number of ether oxygens (including phenoxy) is 1. The fourth-order valence-electron chi connectivity index (χ4n) is 1.20. The van der Waals surface area contributed by atoms with Crippen LogP contribution in [0.15, 0.2) is 24.3 Å². The van der Waals surface area contributed by atoms with Crippen molar-refractivity contribution in [3.63, 3.8) is 0 Å². The van der Waals surface area contributed by atoms with Gasteiger partial charge in [-0.15, -0.1) is 0 Å². The molecule has 0 radical (unpaired) electrons. The Morgan fingerprint density at radius 2 is 1.86 bits per heavy atom. The lowest BCUT2D eigenvalue weighted by molar-refractivity contribution is 0.0988. The number of carbonyl (C=O) groups is 1. The van der Waals surface area contributed by atoms with Crippen LogP contribution in [0.4, 0.5) is 0 Å². The summed E-state index contributed by atoms with van der Waals surface area (Å²) in [5.41, 5.74) is 0.753. The van der Waals surface area contributed by atoms with Crippen LogP contribution in [0.25, 0.3) is 0 Å². The van der Waals surface area contributed by atoms with Crippen molar-refractivity contribution in [3.05, 3.63) is 29.8 Å². The molecule has 0 aliphatic rings. The standard InChI is InChI=1S/C12H16O2/c1-4-12(13)10-5-7-11(8-6-10)14-9(2)3/h5-9H,4H2,1-3H3. The van der Waals surface area contributed by atoms with Crippen molar-refractivity contribution in [2.45, 2.75) is 33.3 Å². The van der Waals surface area contributed by atoms with Crippen LogP contribution in [0, 0.1) is 0 Å². The second kappa shape index (κ2) is 4.80. The number of carbonyl (C=O) groups excluding carboxylic acids is 1. The number of hydrogen-bond donors (Lipinski definition) is 0. The van der Waals surface area contributed by atoms with E-state index in [1.807, 2.05) is 45.0 Å². The van der Waals surface area contributed by atoms with Crippen molar-refractivity contribution in [1.82, 2.24) is 0 Å². The van der Waals surface area contributed by atoms with Crippen LogP contribution in [0.2, 0.25) is 0 Å². The zero-order chi connectivity index (χ0) is 10.6. The lowest BCUT2D eigenvalue weighted by Gasteiger charge is -2.09. The summed E-state index contributed by atoms with van der Waals surface area (Å²) in [6, 6.07) is 7.29. The van der Waals surface area contributed by atoms with Crippen LogP contribution < -0.4 is 4.74 Å². The fraction of sp³-hybridized carbons (Fsp3) is 0.417. The summed E-state index contributed by atoms with van der Waals surface area (Å²) in [6.07, 6.45) is 0.715. The van der Waals surface area contributed by atoms with Gasteiger partial charge in [-0.25, -0.2) is 0 Å². The third-order valence-corrected chi connectivity index (χ3v) is 1.87. The molecule has 0 bridgehead atoms. The van der Waals surface area contributed by atoms with Gasteiger partial charge in [0.15, 0.2) is 5.78 Å². The maximum absolute atomic E-state index is 11.3. The van der Waals surface area contributed by atoms with Crippen molar-refractivity contribution >= 4 is 5.78 Å². The van der Waals surface area contributed by atoms with Gasteiger partial charge >= 0.3 is 0 Å². The van der Waals surface area contributed by atoms with E-state index >= 15 is 0 Å². The Bertz CT molecular complexity index is 299. The molecule has 76 valence electrons. The van der Waals surface area contributed by atoms with Gasteiger partial charge in [-0.05, 0) is 38.1 Å². The largest absolute Gasteiger partial charge is 0.491 e. The molecule has 1 aromatic rings. The van der Waals surface area contributed by atoms with Gasteiger partial charge in [-0.1, -0.05) is 6.92 Å². The quantitative estimate of drug-likeness (QED) is 0.685. The van der Waals surface area contributed by atoms with Gasteiger partial charge in [0.25, 0.3) is 0 Å². The number of rotatable bonds is 4. The van der Waals surface area contributed by atoms with E-state index in [0.717, 1.165) is 11.3 Å². The van der Waals surface area contributed by atoms with Gasteiger partial charge in [0.2, 0.25) is 0 Å². The molecule has 0 saturated carbocycles. The third-order valence-electron chi connectivity index (χ3n) is 1.87. The minimum atomic E-state index is 0.168. The van der Waals surface area contributed by atoms with E-state index in [-0.39, 0.29) is 11.9 Å². The lowest BCUT2D eigenvalue weighted by Crippen LogP contribution is -2.05. The van der Waals surface area contributed by atoms with E-state index in [4.69, 9.17) is 4.74 Å². The SMILES string of the molecule is CCC(=O)c1ccc(OC(C)C)cc1. The lowest BCUT2D eigenvalue weighted by atomic mass is 10.1. The Labute approximate surface area is 84.9 Å². The normalized spacial score (nSPS) is 10.3. The Morgan fingerprint density at radius 1 is 1.29 bits per heavy atom. The summed E-state index contributed by atoms with van der Waals surface area (Å²) in [7, 11) is 0. The van der Waals surface area contributed by atoms with E-state index in [0.29, 0.717) is 6.42 Å². The van der Waals surface area contributed by atoms with Gasteiger partial charge in [-0.2, -0.15) is 0 Å². The predicted octanol–water partition coefficient (Wildman–Crippen LogP) is 3.07. The molecular formula is C12H16O2. The average molecular weight is 192 g/mol. The van der Waals surface area contributed by atoms with Crippen LogP contribution in [0.5, 0.6) is 5.75 Å². The van der Waals surface area contributed by atoms with E-state index in [9.17, 15) is 4.79 Å². The first kappa shape index (κ1) is 10.8. The minimum absolute atomic E-state index is 0.168. The number of Topliss-reactive ketones (excluding diaryl/α,β-unsaturated/α-hetero) is 1. The molecule has 0 heterocycles. The molecule has 0 amide bonds. The van der Waals surface area contributed by atoms with E-state index < -0.39 is 0 Å². The zero-order valence-corrected chi connectivity index (χ0v) is 8.91. The Balaban J connectivity index is 2.73. The second-order valence-electron chi connectivity index (χ2n) is 3.47. The fourth-order valence-corrected chi connectivity index (χ4v) is 1.20. The molecule has 0 unspecified atom stereocenters. The van der Waals surface area contributed by atoms with Crippen LogP contribution >= 0.6 is 0 Å². The van der Waals surface area contributed by atoms with Crippen molar-refractivity contribution in [2.75, 3.05) is 0 Å². The summed E-state index contributed by atoms with van der Waals surface area (Å²) in [5.74, 6) is 0.980. The van der Waals surface area contributed by atoms with Gasteiger partial charge in [0, 0.05) is 12.0 Å². The second-order valence-corrected chi connectivity index (χ2v) is 3.47. The molecular weight excluding hydrogens is 176 g/mol. The molecule has 1 aromatic carbocycles. The molecule has 2 nitrogen and oxygen atoms in total. The molecule has 0 saturated heterocycles. The molecule has 0 N–H and O–H groups in total. The summed E-state index contributed by atoms with van der Waals surface area (Å²) in [5, 5.41) is 0. The number of hydrogen-bond acceptors (Lipinski definition) is 2. The Kier molecular flexibility index (Phi) is 3.69. The van der Waals surface area contributed by atoms with E-state index in [1.165, 1.54) is 0 Å². The molecule has 0 fully saturated rings. The molecule has 1 rings (SSSR count). The third kappa shape index (κ3) is 2.87. The summed E-state index contributed by atoms with van der Waals surface area (Å²) in [4.78, 5) is 11.3. The molecule has 0 aromatic heterocycles. The molecule has 2 heteroatoms. The first-order valence-corrected chi connectivity index (χ1v) is 4.93. The highest BCUT2D eigenvalue weighted by molar-refractivity contribution is 5.95. The zero-order valence-electron chi connectivity index (χ0n) is 8.91. The van der Waals surface area contributed by atoms with Crippen LogP contribution in [0.3, 0.4) is 0 Å². The molecule has 0 aliphatic heterocycles. The van der Waals surface area contributed by atoms with Gasteiger partial charge < -0.3 is 4.74 Å². The van der Waals surface area contributed by atoms with Gasteiger partial charge in [0.1, 0.15) is 5.75 Å². The summed E-state index contributed by atoms with van der Waals surface area (Å²) >= 11 is 0. The molecule has 0 spiro atoms. The summed E-state index contributed by atoms with van der Waals surface area (Å²) in [6.45, 7) is 5.82. The minimum Gasteiger partial charge on any atom is -0.491 e. The van der Waals surface area contributed by atoms with Gasteiger partial charge in [-0.3, -0.25) is 4.79 Å². The molecule has 0 aliphatic carbocycles. The molecule has 14 heavy (non-hydrogen) atoms. The summed E-state index contributed by atoms with van der Waals surface area (Å²) < 4.78 is 5.47. The Hall–Kier alpha value is -1.31. The van der Waals surface area contributed by atoms with Crippen LogP contribution in [0.1, 0.15) is 37.6 Å². The highest BCUT2D eigenvalue weighted by atomic mass is 16.5. The van der Waals surface area contributed by atoms with Gasteiger partial charge in [0.05, 0.1) is 6.10 Å². The van der Waals surface area contributed by atoms with Crippen LogP contribution in [-0.4, -0.2) is 11.9 Å². The Morgan fingerprint density at radius 3 is 2.29 bits per heavy atom. The number of ketones is 1. The van der Waals surface area contributed by atoms with Crippen molar-refractivity contribution in [1.29, 1.82) is 0 Å². The van der Waals surface area contributed by atoms with E-state index in [2.05, 4.69) is 0 Å². The maximum atomic E-state index is 11.3. The van der Waals surface area contributed by atoms with Crippen molar-refractivity contribution < 1.29 is 9.53 Å². The highest BCUT2D eigenvalue weighted by Gasteiger charge is 2.03. The average Bonchev–Trinajstić information content (AvgIpc) is 2.17. The van der Waals surface area contributed by atoms with E-state index in [1.54, 1.807) is 0 Å². The van der Waals surface area contributed by atoms with Crippen molar-refractivity contribution in [2.24, 2.45) is 0 Å². The highest BCUT2D eigenvalue weighted by Crippen LogP contribution is 2.14. The van der Waals surface area contributed by atoms with Crippen LogP contribution in [-0.2, 0) is 0 Å². The van der Waals surface area contributed by atoms with Crippen molar-refractivity contribution in [3.8, 4) is 5.75 Å². The first-order valence-electron chi connectivity index (χ1n) is 4.93. The monoisotopic (exact) mass is 192 g/mol. The topological polar surface area (TPSA) is 26.3 Å². The number of benzene rings is 1. The smallest absolute Gasteiger partial charge is 0.162 e. The maximum Gasteiger partial charge on any atom is 0.162 e. The molecule has 0 atom stereocenters.